The van der Waals surface area contributed by atoms with Crippen LogP contribution in [-0.4, -0.2) is 120 Å². The molecule has 24 nitrogen and oxygen atoms in total. The second-order valence-electron chi connectivity index (χ2n) is 7.46. The summed E-state index contributed by atoms with van der Waals surface area (Å²) in [6.07, 6.45) is 0. The van der Waals surface area contributed by atoms with Crippen LogP contribution in [0.1, 0.15) is 0 Å². The summed E-state index contributed by atoms with van der Waals surface area (Å²) in [4.78, 5) is 47.6. The predicted octanol–water partition coefficient (Wildman–Crippen LogP) is -3.54. The van der Waals surface area contributed by atoms with Crippen molar-refractivity contribution < 1.29 is 36.9 Å². The molecule has 0 fully saturated rings. The molecule has 12 rings (SSSR count). The van der Waals surface area contributed by atoms with Gasteiger partial charge in [-0.15, -0.1) is 0 Å². The number of fused-ring (bicyclic) bond motifs is 4. The van der Waals surface area contributed by atoms with Crippen molar-refractivity contribution in [1.82, 2.24) is 59.8 Å². The summed E-state index contributed by atoms with van der Waals surface area (Å²) in [5, 5.41) is 0. The van der Waals surface area contributed by atoms with Crippen molar-refractivity contribution in [3.05, 3.63) is 0 Å². The zero-order chi connectivity index (χ0) is 25.4. The predicted molar refractivity (Wildman–Crippen MR) is 104 cm³/mol. The van der Waals surface area contributed by atoms with Gasteiger partial charge in [0.15, 0.2) is 0 Å². The van der Waals surface area contributed by atoms with Gasteiger partial charge in [0.1, 0.15) is 0 Å². The fourth-order valence-corrected chi connectivity index (χ4v) is 16.5. The van der Waals surface area contributed by atoms with Gasteiger partial charge < -0.3 is 0 Å². The standard InChI is InChI=1S/4C3H3N3O3.3Sn/c4*7-1-4-2(8)6-3(9)5-1;;;/h4*(H3,4,5,6,7,8,9);;;/q;;;;3*+4/p-12. The van der Waals surface area contributed by atoms with E-state index in [4.69, 9.17) is 36.9 Å². The second-order valence-corrected chi connectivity index (χ2v) is 23.0. The van der Waals surface area contributed by atoms with Crippen molar-refractivity contribution >= 4 is 60.1 Å². The zero-order valence-corrected chi connectivity index (χ0v) is 26.3. The molecule has 0 N–H and O–H groups in total. The first-order valence-electron chi connectivity index (χ1n) is 10.3. The molecule has 0 unspecified atom stereocenters. The SMILES string of the molecule is n1c2nc3nc1[O][Sn]([O]c1nc4nc(n1)[O][Sn]1([O]4)[O]c4nc([O][Sn]56[O]c7nc(nc(n7)[O]5)[O]6)nc(n4)[O]1)([O]2)[O]3. The van der Waals surface area contributed by atoms with Crippen LogP contribution in [0.4, 0.5) is 0 Å². The van der Waals surface area contributed by atoms with E-state index in [0.29, 0.717) is 0 Å². The van der Waals surface area contributed by atoms with Gasteiger partial charge in [-0.2, -0.15) is 0 Å². The van der Waals surface area contributed by atoms with Crippen molar-refractivity contribution in [2.75, 3.05) is 0 Å². The molecule has 0 aliphatic carbocycles. The van der Waals surface area contributed by atoms with E-state index in [0.717, 1.165) is 0 Å². The molecule has 8 aliphatic heterocycles. The van der Waals surface area contributed by atoms with Gasteiger partial charge in [0.05, 0.1) is 0 Å². The topological polar surface area (TPSA) is 265 Å². The maximum atomic E-state index is 5.74. The Hall–Kier alpha value is -3.96. The molecule has 0 aromatic carbocycles. The number of rotatable bonds is 4. The third-order valence-corrected chi connectivity index (χ3v) is 19.7. The van der Waals surface area contributed by atoms with E-state index in [1.54, 1.807) is 0 Å². The summed E-state index contributed by atoms with van der Waals surface area (Å²) in [5.41, 5.74) is 0. The minimum absolute atomic E-state index is 0.0155. The van der Waals surface area contributed by atoms with Crippen molar-refractivity contribution in [1.29, 1.82) is 0 Å². The number of aromatic nitrogens is 12. The monoisotopic (exact) mass is 864 g/mol. The first-order chi connectivity index (χ1) is 18.9. The normalized spacial score (nSPS) is 19.9. The van der Waals surface area contributed by atoms with E-state index < -0.39 is 60.1 Å². The van der Waals surface area contributed by atoms with Gasteiger partial charge in [-0.05, 0) is 0 Å². The quantitative estimate of drug-likeness (QED) is 0.180. The van der Waals surface area contributed by atoms with Gasteiger partial charge in [0.2, 0.25) is 0 Å². The molecule has 0 saturated carbocycles. The first kappa shape index (κ1) is 20.9. The van der Waals surface area contributed by atoms with Crippen LogP contribution in [0.25, 0.3) is 0 Å². The molecule has 12 bridgehead atoms. The molecule has 192 valence electrons. The first-order valence-corrected chi connectivity index (χ1v) is 24.2. The summed E-state index contributed by atoms with van der Waals surface area (Å²) in [7, 11) is 0. The third-order valence-electron chi connectivity index (χ3n) is 4.89. The average molecular weight is 860 g/mol. The van der Waals surface area contributed by atoms with Crippen LogP contribution in [0.3, 0.4) is 0 Å². The minimum atomic E-state index is -5.02. The Bertz CT molecular complexity index is 1500. The fourth-order valence-electron chi connectivity index (χ4n) is 3.55. The molecule has 39 heavy (non-hydrogen) atoms. The Morgan fingerprint density at radius 3 is 0.795 bits per heavy atom. The average Bonchev–Trinajstić information content (AvgIpc) is 2.80. The second kappa shape index (κ2) is 6.78. The molecular formula is C12N12O12Sn3. The van der Waals surface area contributed by atoms with Crippen molar-refractivity contribution in [3.8, 4) is 72.1 Å². The number of hydrogen-bond donors (Lipinski definition) is 0. The van der Waals surface area contributed by atoms with Crippen molar-refractivity contribution in [3.63, 3.8) is 0 Å². The molecule has 4 aromatic heterocycles. The molecule has 1 spiro atoms. The number of hydrogen-bond acceptors (Lipinski definition) is 24. The summed E-state index contributed by atoms with van der Waals surface area (Å²) < 4.78 is 67.5. The molecule has 8 aliphatic rings. The Morgan fingerprint density at radius 2 is 0.538 bits per heavy atom. The van der Waals surface area contributed by atoms with Crippen molar-refractivity contribution in [2.24, 2.45) is 0 Å². The number of nitrogens with zero attached hydrogens (tertiary/aromatic N) is 12. The van der Waals surface area contributed by atoms with E-state index in [-0.39, 0.29) is 72.1 Å². The van der Waals surface area contributed by atoms with Gasteiger partial charge in [0.25, 0.3) is 0 Å². The third kappa shape index (κ3) is 3.23. The molecule has 27 heteroatoms. The molecule has 0 saturated heterocycles. The van der Waals surface area contributed by atoms with Gasteiger partial charge >= 0.3 is 229 Å². The van der Waals surface area contributed by atoms with Crippen molar-refractivity contribution in [2.45, 2.75) is 0 Å². The van der Waals surface area contributed by atoms with Crippen LogP contribution in [0.5, 0.6) is 72.1 Å². The molecular weight excluding hydrogens is 860 g/mol. The van der Waals surface area contributed by atoms with Crippen LogP contribution in [0.15, 0.2) is 0 Å². The van der Waals surface area contributed by atoms with Crippen LogP contribution in [-0.2, 0) is 0 Å². The van der Waals surface area contributed by atoms with E-state index in [2.05, 4.69) is 59.8 Å². The summed E-state index contributed by atoms with van der Waals surface area (Å²) in [5.74, 6) is 0. The molecule has 0 amide bonds. The molecule has 0 radical (unpaired) electrons. The Kier molecular flexibility index (Phi) is 3.64. The van der Waals surface area contributed by atoms with E-state index in [1.807, 2.05) is 0 Å². The summed E-state index contributed by atoms with van der Waals surface area (Å²) >= 11 is -14.5. The Morgan fingerprint density at radius 1 is 0.308 bits per heavy atom. The molecule has 0 atom stereocenters. The summed E-state index contributed by atoms with van der Waals surface area (Å²) in [6, 6.07) is -1.37. The zero-order valence-electron chi connectivity index (χ0n) is 17.8. The van der Waals surface area contributed by atoms with Crippen LogP contribution in [0.2, 0.25) is 0 Å². The van der Waals surface area contributed by atoms with E-state index >= 15 is 0 Å². The van der Waals surface area contributed by atoms with Gasteiger partial charge in [-0.25, -0.2) is 0 Å². The van der Waals surface area contributed by atoms with Crippen LogP contribution < -0.4 is 36.9 Å². The van der Waals surface area contributed by atoms with E-state index in [1.165, 1.54) is 0 Å². The van der Waals surface area contributed by atoms with Gasteiger partial charge in [-0.3, -0.25) is 0 Å². The van der Waals surface area contributed by atoms with E-state index in [9.17, 15) is 0 Å². The van der Waals surface area contributed by atoms with Gasteiger partial charge in [-0.1, -0.05) is 0 Å². The molecule has 4 aromatic rings. The maximum absolute atomic E-state index is 5.74. The fraction of sp³-hybridized carbons (Fsp3) is 0. The van der Waals surface area contributed by atoms with Crippen LogP contribution >= 0.6 is 0 Å². The van der Waals surface area contributed by atoms with Crippen LogP contribution in [0, 0.1) is 0 Å². The van der Waals surface area contributed by atoms with Gasteiger partial charge in [0, 0.05) is 0 Å². The molecule has 12 heterocycles. The summed E-state index contributed by atoms with van der Waals surface area (Å²) in [6.45, 7) is 0. The Balaban J connectivity index is 0.885. The Labute approximate surface area is 227 Å².